The van der Waals surface area contributed by atoms with Crippen LogP contribution in [0.1, 0.15) is 207 Å². The van der Waals surface area contributed by atoms with Crippen molar-refractivity contribution >= 4 is 25.5 Å². The Kier molecular flexibility index (Phi) is 42.1. The minimum Gasteiger partial charge on any atom is -0.462 e. The van der Waals surface area contributed by atoms with Gasteiger partial charge in [-0.3, -0.25) is 23.4 Å². The fourth-order valence-electron chi connectivity index (χ4n) is 6.60. The van der Waals surface area contributed by atoms with E-state index in [1.54, 1.807) is 12.2 Å². The molecule has 0 aromatic carbocycles. The molecule has 1 unspecified atom stereocenters. The highest BCUT2D eigenvalue weighted by Gasteiger charge is 2.27. The van der Waals surface area contributed by atoms with E-state index in [1.807, 2.05) is 36.5 Å². The van der Waals surface area contributed by atoms with Crippen LogP contribution in [0.3, 0.4) is 0 Å². The van der Waals surface area contributed by atoms with Crippen molar-refractivity contribution in [3.63, 3.8) is 0 Å². The molecule has 0 spiro atoms. The van der Waals surface area contributed by atoms with Gasteiger partial charge < -0.3 is 24.6 Å². The van der Waals surface area contributed by atoms with Crippen LogP contribution in [0.4, 0.5) is 0 Å². The van der Waals surface area contributed by atoms with Gasteiger partial charge in [-0.2, -0.15) is 0 Å². The second-order valence-electron chi connectivity index (χ2n) is 17.0. The Bertz CT molecular complexity index is 1250. The molecule has 0 saturated heterocycles. The summed E-state index contributed by atoms with van der Waals surface area (Å²) >= 11 is 0. The highest BCUT2D eigenvalue weighted by Crippen LogP contribution is 2.43. The first-order valence-electron chi connectivity index (χ1n) is 24.4. The van der Waals surface area contributed by atoms with Crippen molar-refractivity contribution in [2.45, 2.75) is 219 Å². The minimum absolute atomic E-state index is 0.140. The summed E-state index contributed by atoms with van der Waals surface area (Å²) in [4.78, 5) is 46.8. The van der Waals surface area contributed by atoms with Crippen molar-refractivity contribution in [1.82, 2.24) is 0 Å². The van der Waals surface area contributed by atoms with Crippen molar-refractivity contribution in [2.75, 3.05) is 26.4 Å². The average molecular weight is 897 g/mol. The molecular weight excluding hydrogens is 808 g/mol. The second kappa shape index (κ2) is 43.8. The highest BCUT2D eigenvalue weighted by atomic mass is 31.2. The summed E-state index contributed by atoms with van der Waals surface area (Å²) < 4.78 is 32.7. The van der Waals surface area contributed by atoms with Crippen LogP contribution in [-0.2, 0) is 37.5 Å². The van der Waals surface area contributed by atoms with Crippen molar-refractivity contribution in [3.05, 3.63) is 48.6 Å². The number of unbranched alkanes of at least 4 members (excludes halogenated alkanes) is 20. The highest BCUT2D eigenvalue weighted by molar-refractivity contribution is 7.47. The number of hydrogen-bond donors (Lipinski definition) is 3. The van der Waals surface area contributed by atoms with Crippen molar-refractivity contribution in [3.8, 4) is 0 Å². The zero-order valence-electron chi connectivity index (χ0n) is 39.2. The van der Waals surface area contributed by atoms with Gasteiger partial charge in [-0.05, 0) is 50.5 Å². The molecule has 0 aliphatic rings. The lowest BCUT2D eigenvalue weighted by Crippen LogP contribution is -2.29. The standard InChI is InChI=1S/C50H89O11P/c1-4-5-31-37-46(52)38-33-28-24-20-16-14-18-21-25-29-34-39-49(54)58-43-48(44-60-62(56,57)59-42-47(53)41-51)61-50(55)40-35-30-26-22-17-13-11-9-7-6-8-10-12-15-19-23-27-32-36-45(2)3/h14,16,21,24-25,28,33,38,45,47-48,51,53H,4-13,15,17-20,22-23,26-27,29-32,34-37,39-44H2,1-3H3,(H,56,57)/b16-14-,25-21-,28-24-,38-33+/t47-,48+/m0/s1. The fourth-order valence-corrected chi connectivity index (χ4v) is 7.39. The molecule has 0 aromatic rings. The Morgan fingerprint density at radius 1 is 0.581 bits per heavy atom. The quantitative estimate of drug-likeness (QED) is 0.0133. The summed E-state index contributed by atoms with van der Waals surface area (Å²) in [5.41, 5.74) is 0. The molecule has 12 heteroatoms. The average Bonchev–Trinajstić information content (AvgIpc) is 3.24. The number of phosphoric acid groups is 1. The van der Waals surface area contributed by atoms with Crippen LogP contribution in [-0.4, -0.2) is 71.5 Å². The molecule has 0 radical (unpaired) electrons. The molecule has 11 nitrogen and oxygen atoms in total. The third-order valence-corrected chi connectivity index (χ3v) is 11.3. The van der Waals surface area contributed by atoms with E-state index >= 15 is 0 Å². The lowest BCUT2D eigenvalue weighted by molar-refractivity contribution is -0.161. The summed E-state index contributed by atoms with van der Waals surface area (Å²) in [6.07, 6.45) is 43.6. The normalized spacial score (nSPS) is 14.1. The van der Waals surface area contributed by atoms with Crippen LogP contribution < -0.4 is 0 Å². The smallest absolute Gasteiger partial charge is 0.462 e. The van der Waals surface area contributed by atoms with E-state index in [0.29, 0.717) is 25.7 Å². The molecule has 0 aliphatic carbocycles. The first-order valence-corrected chi connectivity index (χ1v) is 25.9. The molecule has 0 heterocycles. The number of hydrogen-bond acceptors (Lipinski definition) is 10. The molecule has 0 fully saturated rings. The number of aliphatic hydroxyl groups is 2. The number of ketones is 1. The van der Waals surface area contributed by atoms with Gasteiger partial charge in [0.1, 0.15) is 12.7 Å². The Balaban J connectivity index is 4.30. The summed E-state index contributed by atoms with van der Waals surface area (Å²) in [5, 5.41) is 18.4. The van der Waals surface area contributed by atoms with Gasteiger partial charge in [0.25, 0.3) is 0 Å². The number of carbonyl (C=O) groups excluding carboxylic acids is 3. The number of rotatable bonds is 45. The van der Waals surface area contributed by atoms with Gasteiger partial charge in [0.2, 0.25) is 0 Å². The molecular formula is C50H89O11P. The zero-order valence-corrected chi connectivity index (χ0v) is 40.1. The van der Waals surface area contributed by atoms with E-state index in [2.05, 4.69) is 20.8 Å². The van der Waals surface area contributed by atoms with E-state index in [9.17, 15) is 28.9 Å². The van der Waals surface area contributed by atoms with Gasteiger partial charge in [0.15, 0.2) is 11.9 Å². The Morgan fingerprint density at radius 2 is 1.08 bits per heavy atom. The van der Waals surface area contributed by atoms with Crippen LogP contribution in [0.25, 0.3) is 0 Å². The Hall–Kier alpha value is -2.40. The van der Waals surface area contributed by atoms with Crippen molar-refractivity contribution in [1.29, 1.82) is 0 Å². The van der Waals surface area contributed by atoms with Crippen LogP contribution in [0.15, 0.2) is 48.6 Å². The Morgan fingerprint density at radius 3 is 1.65 bits per heavy atom. The first-order chi connectivity index (χ1) is 30.0. The summed E-state index contributed by atoms with van der Waals surface area (Å²) in [7, 11) is -4.65. The lowest BCUT2D eigenvalue weighted by Gasteiger charge is -2.20. The zero-order chi connectivity index (χ0) is 45.8. The van der Waals surface area contributed by atoms with Crippen molar-refractivity contribution in [2.24, 2.45) is 5.92 Å². The van der Waals surface area contributed by atoms with Gasteiger partial charge in [0.05, 0.1) is 19.8 Å². The maximum Gasteiger partial charge on any atom is 0.472 e. The van der Waals surface area contributed by atoms with Gasteiger partial charge in [-0.1, -0.05) is 192 Å². The van der Waals surface area contributed by atoms with Crippen LogP contribution in [0.5, 0.6) is 0 Å². The molecule has 3 N–H and O–H groups in total. The third-order valence-electron chi connectivity index (χ3n) is 10.4. The lowest BCUT2D eigenvalue weighted by atomic mass is 10.0. The van der Waals surface area contributed by atoms with E-state index in [1.165, 1.54) is 96.3 Å². The second-order valence-corrected chi connectivity index (χ2v) is 18.5. The van der Waals surface area contributed by atoms with E-state index in [0.717, 1.165) is 57.3 Å². The topological polar surface area (TPSA) is 166 Å². The van der Waals surface area contributed by atoms with Gasteiger partial charge in [-0.15, -0.1) is 0 Å². The molecule has 360 valence electrons. The number of aliphatic hydroxyl groups excluding tert-OH is 2. The molecule has 0 aliphatic heterocycles. The SMILES string of the molecule is CCCCCC(=O)/C=C/C=C\C/C=C\C/C=C\CCCC(=O)OC[C@H](COP(=O)(O)OC[C@@H](O)CO)OC(=O)CCCCCCCCCCCCCCCCCCCCC(C)C. The number of phosphoric ester groups is 1. The van der Waals surface area contributed by atoms with Crippen LogP contribution in [0, 0.1) is 5.92 Å². The van der Waals surface area contributed by atoms with E-state index in [4.69, 9.17) is 23.6 Å². The molecule has 62 heavy (non-hydrogen) atoms. The molecule has 0 aromatic heterocycles. The van der Waals surface area contributed by atoms with Gasteiger partial charge in [-0.25, -0.2) is 4.57 Å². The van der Waals surface area contributed by atoms with Crippen LogP contribution >= 0.6 is 7.82 Å². The molecule has 0 amide bonds. The van der Waals surface area contributed by atoms with Crippen molar-refractivity contribution < 1.29 is 52.6 Å². The largest absolute Gasteiger partial charge is 0.472 e. The molecule has 0 saturated carbocycles. The predicted molar refractivity (Wildman–Crippen MR) is 252 cm³/mol. The monoisotopic (exact) mass is 897 g/mol. The predicted octanol–water partition coefficient (Wildman–Crippen LogP) is 12.7. The maximum atomic E-state index is 12.7. The number of ether oxygens (including phenoxy) is 2. The molecule has 0 rings (SSSR count). The molecule has 3 atom stereocenters. The summed E-state index contributed by atoms with van der Waals surface area (Å²) in [5.74, 6) is -0.0229. The first kappa shape index (κ1) is 59.6. The number of carbonyl (C=O) groups is 3. The number of allylic oxidation sites excluding steroid dienone is 8. The van der Waals surface area contributed by atoms with Crippen LogP contribution in [0.2, 0.25) is 0 Å². The van der Waals surface area contributed by atoms with Gasteiger partial charge in [0, 0.05) is 19.3 Å². The van der Waals surface area contributed by atoms with E-state index in [-0.39, 0.29) is 25.2 Å². The Labute approximate surface area is 377 Å². The van der Waals surface area contributed by atoms with E-state index < -0.39 is 51.8 Å². The maximum absolute atomic E-state index is 12.7. The fraction of sp³-hybridized carbons (Fsp3) is 0.780. The third kappa shape index (κ3) is 44.2. The minimum atomic E-state index is -4.65. The summed E-state index contributed by atoms with van der Waals surface area (Å²) in [6.45, 7) is 4.51. The van der Waals surface area contributed by atoms with Gasteiger partial charge >= 0.3 is 19.8 Å². The molecule has 0 bridgehead atoms. The summed E-state index contributed by atoms with van der Waals surface area (Å²) in [6, 6.07) is 0. The number of esters is 2.